The number of carboxylic acids is 1. The minimum Gasteiger partial charge on any atom is -0.490 e. The van der Waals surface area contributed by atoms with Crippen molar-refractivity contribution < 1.29 is 33.3 Å². The molecule has 2 heterocycles. The Balaban J connectivity index is 1.33. The first-order valence-corrected chi connectivity index (χ1v) is 11.2. The second kappa shape index (κ2) is 10.4. The smallest absolute Gasteiger partial charge is 0.329 e. The summed E-state index contributed by atoms with van der Waals surface area (Å²) in [6.45, 7) is -0.568. The minimum absolute atomic E-state index is 0.00769. The van der Waals surface area contributed by atoms with Gasteiger partial charge in [0.05, 0.1) is 6.61 Å². The van der Waals surface area contributed by atoms with Crippen LogP contribution >= 0.6 is 11.6 Å². The van der Waals surface area contributed by atoms with E-state index >= 15 is 0 Å². The van der Waals surface area contributed by atoms with Gasteiger partial charge in [0.2, 0.25) is 0 Å². The molecule has 4 rings (SSSR count). The maximum absolute atomic E-state index is 13.1. The summed E-state index contributed by atoms with van der Waals surface area (Å²) >= 11 is 6.04. The topological polar surface area (TPSA) is 85.3 Å². The number of halogens is 2. The van der Waals surface area contributed by atoms with Crippen LogP contribution in [0.4, 0.5) is 4.39 Å². The van der Waals surface area contributed by atoms with Crippen LogP contribution in [0.25, 0.3) is 0 Å². The van der Waals surface area contributed by atoms with E-state index in [9.17, 15) is 14.0 Å². The second-order valence-corrected chi connectivity index (χ2v) is 8.71. The quantitative estimate of drug-likeness (QED) is 0.586. The Morgan fingerprint density at radius 1 is 1.06 bits per heavy atom. The summed E-state index contributed by atoms with van der Waals surface area (Å²) < 4.78 is 30.1. The highest BCUT2D eigenvalue weighted by Crippen LogP contribution is 2.37. The van der Waals surface area contributed by atoms with Crippen LogP contribution in [-0.4, -0.2) is 53.3 Å². The lowest BCUT2D eigenvalue weighted by atomic mass is 9.99. The van der Waals surface area contributed by atoms with Gasteiger partial charge in [-0.05, 0) is 55.3 Å². The van der Waals surface area contributed by atoms with Gasteiger partial charge in [-0.25, -0.2) is 9.18 Å². The molecule has 0 saturated carbocycles. The molecule has 2 aliphatic heterocycles. The lowest BCUT2D eigenvalue weighted by Gasteiger charge is -2.38. The van der Waals surface area contributed by atoms with E-state index in [0.29, 0.717) is 22.1 Å². The molecule has 2 bridgehead atoms. The minimum atomic E-state index is -1.07. The summed E-state index contributed by atoms with van der Waals surface area (Å²) in [4.78, 5) is 25.6. The van der Waals surface area contributed by atoms with Gasteiger partial charge >= 0.3 is 5.97 Å². The first-order valence-electron chi connectivity index (χ1n) is 10.8. The fourth-order valence-electron chi connectivity index (χ4n) is 4.60. The van der Waals surface area contributed by atoms with Crippen LogP contribution in [0.15, 0.2) is 42.5 Å². The van der Waals surface area contributed by atoms with Gasteiger partial charge < -0.3 is 24.2 Å². The van der Waals surface area contributed by atoms with E-state index in [-0.39, 0.29) is 43.1 Å². The molecule has 2 aromatic rings. The van der Waals surface area contributed by atoms with Gasteiger partial charge in [-0.3, -0.25) is 4.79 Å². The predicted octanol–water partition coefficient (Wildman–Crippen LogP) is 4.06. The van der Waals surface area contributed by atoms with E-state index in [1.54, 1.807) is 30.3 Å². The fraction of sp³-hybridized carbons (Fsp3) is 0.417. The van der Waals surface area contributed by atoms with Crippen LogP contribution in [-0.2, 0) is 20.9 Å². The molecule has 2 aliphatic rings. The zero-order chi connectivity index (χ0) is 23.4. The fourth-order valence-corrected chi connectivity index (χ4v) is 4.79. The molecule has 2 unspecified atom stereocenters. The number of carboxylic acid groups (broad SMARTS) is 1. The lowest BCUT2D eigenvalue weighted by Crippen LogP contribution is -2.50. The number of carbonyl (C=O) groups excluding carboxylic acids is 1. The van der Waals surface area contributed by atoms with Crippen molar-refractivity contribution in [2.75, 3.05) is 13.2 Å². The van der Waals surface area contributed by atoms with Crippen LogP contribution in [0.1, 0.15) is 31.2 Å². The number of ether oxygens (including phenoxy) is 3. The van der Waals surface area contributed by atoms with Crippen LogP contribution in [0, 0.1) is 5.82 Å². The third-order valence-corrected chi connectivity index (χ3v) is 6.19. The van der Waals surface area contributed by atoms with Crippen molar-refractivity contribution in [1.29, 1.82) is 0 Å². The van der Waals surface area contributed by atoms with Gasteiger partial charge in [0.15, 0.2) is 6.61 Å². The van der Waals surface area contributed by atoms with Crippen molar-refractivity contribution in [1.82, 2.24) is 4.90 Å². The van der Waals surface area contributed by atoms with Crippen molar-refractivity contribution >= 4 is 23.5 Å². The highest BCUT2D eigenvalue weighted by atomic mass is 35.5. The standard InChI is InChI=1S/C24H25ClFNO6/c25-16-1-8-22(15(9-16)12-31-14-24(29)30)32-13-23(28)27-18-4-5-19(27)11-21(10-18)33-20-6-2-17(26)3-7-20/h1-3,6-9,18-19,21H,4-5,10-14H2,(H,29,30). The Hall–Kier alpha value is -2.84. The Labute approximate surface area is 196 Å². The zero-order valence-corrected chi connectivity index (χ0v) is 18.7. The summed E-state index contributed by atoms with van der Waals surface area (Å²) in [6, 6.07) is 11.1. The van der Waals surface area contributed by atoms with E-state index in [0.717, 1.165) is 25.7 Å². The summed E-state index contributed by atoms with van der Waals surface area (Å²) in [5, 5.41) is 9.21. The van der Waals surface area contributed by atoms with Crippen LogP contribution in [0.3, 0.4) is 0 Å². The summed E-state index contributed by atoms with van der Waals surface area (Å²) in [6.07, 6.45) is 3.24. The van der Waals surface area contributed by atoms with Gasteiger partial charge in [-0.2, -0.15) is 0 Å². The molecular formula is C24H25ClFNO6. The average molecular weight is 478 g/mol. The maximum Gasteiger partial charge on any atom is 0.329 e. The molecule has 0 aliphatic carbocycles. The van der Waals surface area contributed by atoms with Gasteiger partial charge in [-0.1, -0.05) is 11.6 Å². The van der Waals surface area contributed by atoms with Crippen molar-refractivity contribution in [3.63, 3.8) is 0 Å². The van der Waals surface area contributed by atoms with Gasteiger partial charge in [0.1, 0.15) is 30.0 Å². The Morgan fingerprint density at radius 3 is 2.42 bits per heavy atom. The van der Waals surface area contributed by atoms with E-state index in [4.69, 9.17) is 30.9 Å². The van der Waals surface area contributed by atoms with Gasteiger partial charge in [0, 0.05) is 35.5 Å². The molecule has 0 spiro atoms. The molecule has 1 amide bonds. The first kappa shape index (κ1) is 23.3. The number of aliphatic carboxylic acids is 1. The van der Waals surface area contributed by atoms with E-state index in [1.165, 1.54) is 12.1 Å². The summed E-state index contributed by atoms with van der Waals surface area (Å²) in [5.74, 6) is -0.420. The van der Waals surface area contributed by atoms with Gasteiger partial charge in [-0.15, -0.1) is 0 Å². The van der Waals surface area contributed by atoms with Crippen molar-refractivity contribution in [2.45, 2.75) is 50.5 Å². The van der Waals surface area contributed by atoms with E-state index in [2.05, 4.69) is 0 Å². The largest absolute Gasteiger partial charge is 0.490 e. The molecule has 176 valence electrons. The number of hydrogen-bond acceptors (Lipinski definition) is 5. The highest BCUT2D eigenvalue weighted by Gasteiger charge is 2.44. The third kappa shape index (κ3) is 5.94. The molecule has 2 aromatic carbocycles. The Bertz CT molecular complexity index is 987. The number of piperidine rings is 1. The number of hydrogen-bond donors (Lipinski definition) is 1. The Kier molecular flexibility index (Phi) is 7.35. The number of nitrogens with zero attached hydrogens (tertiary/aromatic N) is 1. The highest BCUT2D eigenvalue weighted by molar-refractivity contribution is 6.30. The number of benzene rings is 2. The van der Waals surface area contributed by atoms with Crippen LogP contribution in [0.5, 0.6) is 11.5 Å². The van der Waals surface area contributed by atoms with E-state index < -0.39 is 12.6 Å². The average Bonchev–Trinajstić information content (AvgIpc) is 3.05. The molecule has 7 nitrogen and oxygen atoms in total. The zero-order valence-electron chi connectivity index (χ0n) is 17.9. The first-order chi connectivity index (χ1) is 15.9. The number of amides is 1. The SMILES string of the molecule is O=C(O)COCc1cc(Cl)ccc1OCC(=O)N1C2CCC1CC(Oc1ccc(F)cc1)C2. The molecule has 33 heavy (non-hydrogen) atoms. The maximum atomic E-state index is 13.1. The number of fused-ring (bicyclic) bond motifs is 2. The molecule has 2 atom stereocenters. The van der Waals surface area contributed by atoms with Gasteiger partial charge in [0.25, 0.3) is 5.91 Å². The summed E-state index contributed by atoms with van der Waals surface area (Å²) in [5.41, 5.74) is 0.575. The third-order valence-electron chi connectivity index (χ3n) is 5.95. The van der Waals surface area contributed by atoms with Crippen molar-refractivity contribution in [3.8, 4) is 11.5 Å². The normalized spacial score (nSPS) is 21.6. The van der Waals surface area contributed by atoms with Crippen molar-refractivity contribution in [2.24, 2.45) is 0 Å². The molecule has 9 heteroatoms. The molecule has 2 saturated heterocycles. The predicted molar refractivity (Wildman–Crippen MR) is 118 cm³/mol. The lowest BCUT2D eigenvalue weighted by molar-refractivity contribution is -0.142. The van der Waals surface area contributed by atoms with Crippen LogP contribution in [0.2, 0.25) is 5.02 Å². The van der Waals surface area contributed by atoms with Crippen LogP contribution < -0.4 is 9.47 Å². The van der Waals surface area contributed by atoms with Crippen molar-refractivity contribution in [3.05, 3.63) is 58.9 Å². The second-order valence-electron chi connectivity index (χ2n) is 8.28. The number of carbonyl (C=O) groups is 2. The molecule has 0 radical (unpaired) electrons. The van der Waals surface area contributed by atoms with E-state index in [1.807, 2.05) is 4.90 Å². The molecule has 0 aromatic heterocycles. The molecular weight excluding hydrogens is 453 g/mol. The molecule has 2 fully saturated rings. The monoisotopic (exact) mass is 477 g/mol. The number of rotatable bonds is 9. The summed E-state index contributed by atoms with van der Waals surface area (Å²) in [7, 11) is 0. The molecule has 1 N–H and O–H groups in total. The Morgan fingerprint density at radius 2 is 1.76 bits per heavy atom.